The maximum Gasteiger partial charge on any atom is 0.280 e. The highest BCUT2D eigenvalue weighted by Crippen LogP contribution is 2.15. The van der Waals surface area contributed by atoms with Crippen LogP contribution in [0, 0.1) is 6.92 Å². The van der Waals surface area contributed by atoms with Crippen LogP contribution in [0.5, 0.6) is 0 Å². The van der Waals surface area contributed by atoms with Crippen molar-refractivity contribution in [1.82, 2.24) is 9.78 Å². The van der Waals surface area contributed by atoms with Gasteiger partial charge >= 0.3 is 0 Å². The predicted octanol–water partition coefficient (Wildman–Crippen LogP) is 4.10. The molecule has 2 aromatic carbocycles. The van der Waals surface area contributed by atoms with Crippen molar-refractivity contribution in [3.8, 4) is 5.69 Å². The van der Waals surface area contributed by atoms with Crippen LogP contribution in [-0.4, -0.2) is 15.7 Å². The molecule has 5 nitrogen and oxygen atoms in total. The zero-order chi connectivity index (χ0) is 18.0. The van der Waals surface area contributed by atoms with Gasteiger partial charge in [0.25, 0.3) is 5.91 Å². The lowest BCUT2D eigenvalue weighted by Crippen LogP contribution is -2.26. The first-order valence-electron chi connectivity index (χ1n) is 7.38. The van der Waals surface area contributed by atoms with Crippen molar-refractivity contribution < 1.29 is 4.79 Å². The Hall–Kier alpha value is -2.63. The maximum atomic E-state index is 12.4. The molecule has 0 saturated carbocycles. The summed E-state index contributed by atoms with van der Waals surface area (Å²) in [5.74, 6) is -0.588. The summed E-state index contributed by atoms with van der Waals surface area (Å²) < 4.78 is 1.52. The van der Waals surface area contributed by atoms with Crippen LogP contribution >= 0.6 is 23.2 Å². The molecule has 7 heteroatoms. The van der Waals surface area contributed by atoms with Gasteiger partial charge in [0.05, 0.1) is 5.69 Å². The minimum Gasteiger partial charge on any atom is -0.320 e. The fraction of sp³-hybridized carbons (Fsp3) is 0.0556. The van der Waals surface area contributed by atoms with Crippen LogP contribution in [0.25, 0.3) is 5.69 Å². The Bertz CT molecular complexity index is 981. The number of hydrogen-bond acceptors (Lipinski definition) is 3. The van der Waals surface area contributed by atoms with E-state index in [4.69, 9.17) is 23.2 Å². The molecular formula is C18H13Cl2N3O2. The molecular weight excluding hydrogens is 361 g/mol. The zero-order valence-electron chi connectivity index (χ0n) is 13.2. The highest BCUT2D eigenvalue weighted by molar-refractivity contribution is 6.30. The Balaban J connectivity index is 1.97. The molecule has 0 unspecified atom stereocenters. The molecule has 0 radical (unpaired) electrons. The Labute approximate surface area is 153 Å². The maximum absolute atomic E-state index is 12.4. The second-order valence-electron chi connectivity index (χ2n) is 5.35. The number of benzene rings is 2. The largest absolute Gasteiger partial charge is 0.320 e. The summed E-state index contributed by atoms with van der Waals surface area (Å²) in [6.07, 6.45) is 0. The molecule has 0 bridgehead atoms. The number of amides is 1. The number of nitrogens with zero attached hydrogens (tertiary/aromatic N) is 2. The summed E-state index contributed by atoms with van der Waals surface area (Å²) in [4.78, 5) is 24.6. The van der Waals surface area contributed by atoms with Crippen LogP contribution in [0.2, 0.25) is 10.0 Å². The average molecular weight is 374 g/mol. The van der Waals surface area contributed by atoms with Gasteiger partial charge in [-0.15, -0.1) is 0 Å². The van der Waals surface area contributed by atoms with Crippen LogP contribution < -0.4 is 10.7 Å². The fourth-order valence-electron chi connectivity index (χ4n) is 2.27. The number of anilines is 1. The number of carbonyl (C=O) groups is 1. The minimum atomic E-state index is -0.588. The van der Waals surface area contributed by atoms with Crippen molar-refractivity contribution in [2.45, 2.75) is 6.92 Å². The number of aromatic nitrogens is 2. The number of halogens is 2. The lowest BCUT2D eigenvalue weighted by Gasteiger charge is -2.11. The quantitative estimate of drug-likeness (QED) is 0.751. The van der Waals surface area contributed by atoms with Gasteiger partial charge in [-0.1, -0.05) is 23.2 Å². The van der Waals surface area contributed by atoms with Crippen LogP contribution in [0.1, 0.15) is 16.2 Å². The molecule has 1 aromatic heterocycles. The third-order valence-corrected chi connectivity index (χ3v) is 4.00. The van der Waals surface area contributed by atoms with Gasteiger partial charge in [-0.25, -0.2) is 4.68 Å². The molecule has 126 valence electrons. The van der Waals surface area contributed by atoms with E-state index in [0.717, 1.165) is 0 Å². The normalized spacial score (nSPS) is 10.5. The smallest absolute Gasteiger partial charge is 0.280 e. The second kappa shape index (κ2) is 7.09. The zero-order valence-corrected chi connectivity index (χ0v) is 14.7. The molecule has 0 aliphatic rings. The lowest BCUT2D eigenvalue weighted by atomic mass is 10.2. The van der Waals surface area contributed by atoms with Gasteiger partial charge < -0.3 is 5.32 Å². The van der Waals surface area contributed by atoms with E-state index in [1.54, 1.807) is 55.5 Å². The molecule has 0 spiro atoms. The highest BCUT2D eigenvalue weighted by atomic mass is 35.5. The van der Waals surface area contributed by atoms with Crippen molar-refractivity contribution in [2.75, 3.05) is 5.32 Å². The van der Waals surface area contributed by atoms with E-state index in [-0.39, 0.29) is 5.69 Å². The van der Waals surface area contributed by atoms with E-state index in [1.165, 1.54) is 10.7 Å². The topological polar surface area (TPSA) is 64.0 Å². The number of carbonyl (C=O) groups excluding carboxylic acids is 1. The summed E-state index contributed by atoms with van der Waals surface area (Å²) in [5, 5.41) is 7.99. The first-order valence-corrected chi connectivity index (χ1v) is 8.13. The lowest BCUT2D eigenvalue weighted by molar-refractivity contribution is 0.101. The van der Waals surface area contributed by atoms with E-state index >= 15 is 0 Å². The Morgan fingerprint density at radius 2 is 1.56 bits per heavy atom. The summed E-state index contributed by atoms with van der Waals surface area (Å²) in [5.41, 5.74) is 1.18. The van der Waals surface area contributed by atoms with Crippen LogP contribution in [0.15, 0.2) is 59.4 Å². The molecule has 1 amide bonds. The van der Waals surface area contributed by atoms with E-state index < -0.39 is 11.3 Å². The average Bonchev–Trinajstić information content (AvgIpc) is 2.58. The van der Waals surface area contributed by atoms with Crippen LogP contribution in [-0.2, 0) is 0 Å². The Morgan fingerprint density at radius 1 is 1.00 bits per heavy atom. The Kier molecular flexibility index (Phi) is 4.88. The van der Waals surface area contributed by atoms with Crippen molar-refractivity contribution in [3.05, 3.63) is 86.3 Å². The van der Waals surface area contributed by atoms with Gasteiger partial charge in [0.1, 0.15) is 0 Å². The molecule has 3 rings (SSSR count). The summed E-state index contributed by atoms with van der Waals surface area (Å²) in [6.45, 7) is 1.74. The third kappa shape index (κ3) is 3.90. The molecule has 1 N–H and O–H groups in total. The number of rotatable bonds is 3. The molecule has 25 heavy (non-hydrogen) atoms. The first-order chi connectivity index (χ1) is 11.9. The fourth-order valence-corrected chi connectivity index (χ4v) is 2.52. The second-order valence-corrected chi connectivity index (χ2v) is 6.22. The van der Waals surface area contributed by atoms with E-state index in [2.05, 4.69) is 10.4 Å². The third-order valence-electron chi connectivity index (χ3n) is 3.50. The predicted molar refractivity (Wildman–Crippen MR) is 99.0 cm³/mol. The number of aryl methyl sites for hydroxylation is 1. The van der Waals surface area contributed by atoms with Gasteiger partial charge in [0, 0.05) is 27.5 Å². The van der Waals surface area contributed by atoms with Crippen molar-refractivity contribution in [1.29, 1.82) is 0 Å². The molecule has 0 aliphatic heterocycles. The number of hydrogen-bond donors (Lipinski definition) is 1. The van der Waals surface area contributed by atoms with Gasteiger partial charge in [-0.05, 0) is 55.5 Å². The van der Waals surface area contributed by atoms with E-state index in [0.29, 0.717) is 27.1 Å². The van der Waals surface area contributed by atoms with Gasteiger partial charge in [-0.2, -0.15) is 5.10 Å². The van der Waals surface area contributed by atoms with Crippen LogP contribution in [0.4, 0.5) is 5.69 Å². The van der Waals surface area contributed by atoms with Gasteiger partial charge in [0.15, 0.2) is 5.69 Å². The highest BCUT2D eigenvalue weighted by Gasteiger charge is 2.15. The minimum absolute atomic E-state index is 0.199. The van der Waals surface area contributed by atoms with E-state index in [9.17, 15) is 9.59 Å². The molecule has 0 atom stereocenters. The molecule has 0 fully saturated rings. The van der Waals surface area contributed by atoms with E-state index in [1.807, 2.05) is 0 Å². The Morgan fingerprint density at radius 3 is 2.16 bits per heavy atom. The van der Waals surface area contributed by atoms with Gasteiger partial charge in [0.2, 0.25) is 5.43 Å². The van der Waals surface area contributed by atoms with Crippen molar-refractivity contribution >= 4 is 34.8 Å². The van der Waals surface area contributed by atoms with Crippen molar-refractivity contribution in [3.63, 3.8) is 0 Å². The monoisotopic (exact) mass is 373 g/mol. The summed E-state index contributed by atoms with van der Waals surface area (Å²) in [7, 11) is 0. The molecule has 1 heterocycles. The SMILES string of the molecule is Cc1cc(=O)c(C(=O)Nc2ccc(Cl)cc2)nn1-c1ccc(Cl)cc1. The number of nitrogens with one attached hydrogen (secondary N) is 1. The van der Waals surface area contributed by atoms with Gasteiger partial charge in [-0.3, -0.25) is 9.59 Å². The standard InChI is InChI=1S/C18H13Cl2N3O2/c1-11-10-16(24)17(18(25)21-14-6-2-12(19)3-7-14)22-23(11)15-8-4-13(20)5-9-15/h2-10H,1H3,(H,21,25). The molecule has 0 aliphatic carbocycles. The van der Waals surface area contributed by atoms with Crippen LogP contribution in [0.3, 0.4) is 0 Å². The summed E-state index contributed by atoms with van der Waals surface area (Å²) >= 11 is 11.7. The van der Waals surface area contributed by atoms with Crippen molar-refractivity contribution in [2.24, 2.45) is 0 Å². The first kappa shape index (κ1) is 17.2. The summed E-state index contributed by atoms with van der Waals surface area (Å²) in [6, 6.07) is 14.9. The molecule has 0 saturated heterocycles. The molecule has 3 aromatic rings.